The Morgan fingerprint density at radius 2 is 1.88 bits per heavy atom. The van der Waals surface area contributed by atoms with Gasteiger partial charge in [0.1, 0.15) is 18.2 Å². The zero-order valence-electron chi connectivity index (χ0n) is 10.8. The van der Waals surface area contributed by atoms with Crippen molar-refractivity contribution in [1.82, 2.24) is 9.97 Å². The van der Waals surface area contributed by atoms with E-state index in [2.05, 4.69) is 29.1 Å². The van der Waals surface area contributed by atoms with Gasteiger partial charge in [0.25, 0.3) is 0 Å². The van der Waals surface area contributed by atoms with Gasteiger partial charge in [0.05, 0.1) is 0 Å². The third-order valence-corrected chi connectivity index (χ3v) is 3.32. The number of hydrogen-bond donors (Lipinski definition) is 1. The first kappa shape index (κ1) is 12.1. The van der Waals surface area contributed by atoms with Gasteiger partial charge in [-0.05, 0) is 31.1 Å². The molecule has 1 heterocycles. The molecule has 94 valence electrons. The van der Waals surface area contributed by atoms with Crippen LogP contribution in [0.15, 0.2) is 12.4 Å². The number of nitrogens with one attached hydrogen (secondary N) is 1. The lowest BCUT2D eigenvalue weighted by Crippen LogP contribution is -2.28. The lowest BCUT2D eigenvalue weighted by Gasteiger charge is -2.31. The molecule has 1 aliphatic rings. The summed E-state index contributed by atoms with van der Waals surface area (Å²) < 4.78 is 5.95. The van der Waals surface area contributed by atoms with Crippen LogP contribution in [0.5, 0.6) is 5.88 Å². The minimum atomic E-state index is 0.299. The number of hydrogen-bond acceptors (Lipinski definition) is 4. The summed E-state index contributed by atoms with van der Waals surface area (Å²) in [6.45, 7) is 4.59. The summed E-state index contributed by atoms with van der Waals surface area (Å²) in [6.07, 6.45) is 5.41. The van der Waals surface area contributed by atoms with E-state index in [1.165, 1.54) is 12.7 Å². The first-order chi connectivity index (χ1) is 8.17. The fourth-order valence-electron chi connectivity index (χ4n) is 2.68. The molecule has 1 aliphatic carbocycles. The van der Waals surface area contributed by atoms with E-state index in [-0.39, 0.29) is 0 Å². The summed E-state index contributed by atoms with van der Waals surface area (Å²) in [5, 5.41) is 2.99. The molecule has 17 heavy (non-hydrogen) atoms. The van der Waals surface area contributed by atoms with E-state index in [0.717, 1.165) is 30.5 Å². The van der Waals surface area contributed by atoms with E-state index < -0.39 is 0 Å². The SMILES string of the molecule is CNc1cc(OC2CC(C)CC(C)C2)ncn1. The van der Waals surface area contributed by atoms with Crippen LogP contribution in [0.3, 0.4) is 0 Å². The van der Waals surface area contributed by atoms with Crippen LogP contribution in [-0.2, 0) is 0 Å². The van der Waals surface area contributed by atoms with Crippen LogP contribution in [0, 0.1) is 11.8 Å². The van der Waals surface area contributed by atoms with Crippen molar-refractivity contribution in [1.29, 1.82) is 0 Å². The summed E-state index contributed by atoms with van der Waals surface area (Å²) >= 11 is 0. The molecule has 0 radical (unpaired) electrons. The van der Waals surface area contributed by atoms with E-state index in [0.29, 0.717) is 12.0 Å². The monoisotopic (exact) mass is 235 g/mol. The fourth-order valence-corrected chi connectivity index (χ4v) is 2.68. The van der Waals surface area contributed by atoms with Gasteiger partial charge in [0.15, 0.2) is 0 Å². The number of anilines is 1. The van der Waals surface area contributed by atoms with Gasteiger partial charge in [0, 0.05) is 13.1 Å². The Bertz CT molecular complexity index is 359. The lowest BCUT2D eigenvalue weighted by molar-refractivity contribution is 0.0966. The Hall–Kier alpha value is -1.32. The van der Waals surface area contributed by atoms with Crippen molar-refractivity contribution >= 4 is 5.82 Å². The number of nitrogens with zero attached hydrogens (tertiary/aromatic N) is 2. The number of rotatable bonds is 3. The van der Waals surface area contributed by atoms with Crippen LogP contribution < -0.4 is 10.1 Å². The average Bonchev–Trinajstić information content (AvgIpc) is 2.28. The maximum Gasteiger partial charge on any atom is 0.218 e. The molecule has 2 unspecified atom stereocenters. The normalized spacial score (nSPS) is 28.8. The Morgan fingerprint density at radius 1 is 1.18 bits per heavy atom. The van der Waals surface area contributed by atoms with E-state index in [1.807, 2.05) is 13.1 Å². The second-order valence-electron chi connectivity index (χ2n) is 5.15. The van der Waals surface area contributed by atoms with E-state index in [9.17, 15) is 0 Å². The molecule has 0 spiro atoms. The third-order valence-electron chi connectivity index (χ3n) is 3.32. The highest BCUT2D eigenvalue weighted by Crippen LogP contribution is 2.30. The predicted octanol–water partition coefficient (Wildman–Crippen LogP) is 2.72. The quantitative estimate of drug-likeness (QED) is 0.875. The Balaban J connectivity index is 1.99. The van der Waals surface area contributed by atoms with Crippen LogP contribution in [0.25, 0.3) is 0 Å². The molecule has 0 bridgehead atoms. The van der Waals surface area contributed by atoms with Gasteiger partial charge in [-0.1, -0.05) is 13.8 Å². The minimum Gasteiger partial charge on any atom is -0.474 e. The van der Waals surface area contributed by atoms with Gasteiger partial charge in [-0.2, -0.15) is 0 Å². The van der Waals surface area contributed by atoms with Gasteiger partial charge in [-0.25, -0.2) is 9.97 Å². The van der Waals surface area contributed by atoms with Crippen molar-refractivity contribution in [3.8, 4) is 5.88 Å². The average molecular weight is 235 g/mol. The van der Waals surface area contributed by atoms with Crippen LogP contribution in [0.1, 0.15) is 33.1 Å². The largest absolute Gasteiger partial charge is 0.474 e. The molecule has 1 fully saturated rings. The second-order valence-corrected chi connectivity index (χ2v) is 5.15. The molecule has 2 rings (SSSR count). The zero-order chi connectivity index (χ0) is 12.3. The molecule has 1 saturated carbocycles. The highest BCUT2D eigenvalue weighted by Gasteiger charge is 2.25. The topological polar surface area (TPSA) is 47.0 Å². The van der Waals surface area contributed by atoms with Gasteiger partial charge in [-0.15, -0.1) is 0 Å². The zero-order valence-corrected chi connectivity index (χ0v) is 10.8. The van der Waals surface area contributed by atoms with Crippen molar-refractivity contribution < 1.29 is 4.74 Å². The van der Waals surface area contributed by atoms with Gasteiger partial charge in [-0.3, -0.25) is 0 Å². The molecule has 1 aromatic rings. The maximum atomic E-state index is 5.95. The summed E-state index contributed by atoms with van der Waals surface area (Å²) in [5.74, 6) is 2.96. The van der Waals surface area contributed by atoms with Crippen LogP contribution >= 0.6 is 0 Å². The van der Waals surface area contributed by atoms with Gasteiger partial charge >= 0.3 is 0 Å². The first-order valence-corrected chi connectivity index (χ1v) is 6.33. The Kier molecular flexibility index (Phi) is 3.82. The molecule has 2 atom stereocenters. The van der Waals surface area contributed by atoms with Gasteiger partial charge in [0.2, 0.25) is 5.88 Å². The summed E-state index contributed by atoms with van der Waals surface area (Å²) in [5.41, 5.74) is 0. The smallest absolute Gasteiger partial charge is 0.218 e. The summed E-state index contributed by atoms with van der Waals surface area (Å²) in [6, 6.07) is 1.85. The molecule has 4 heteroatoms. The molecule has 1 aromatic heterocycles. The number of ether oxygens (including phenoxy) is 1. The Labute approximate surface area is 103 Å². The molecule has 0 saturated heterocycles. The highest BCUT2D eigenvalue weighted by atomic mass is 16.5. The molecular weight excluding hydrogens is 214 g/mol. The maximum absolute atomic E-state index is 5.95. The standard InChI is InChI=1S/C13H21N3O/c1-9-4-10(2)6-11(5-9)17-13-7-12(14-3)15-8-16-13/h7-11H,4-6H2,1-3H3,(H,14,15,16). The third kappa shape index (κ3) is 3.32. The molecule has 0 aromatic carbocycles. The van der Waals surface area contributed by atoms with E-state index in [4.69, 9.17) is 4.74 Å². The van der Waals surface area contributed by atoms with Crippen LogP contribution in [0.4, 0.5) is 5.82 Å². The van der Waals surface area contributed by atoms with Crippen molar-refractivity contribution in [2.45, 2.75) is 39.2 Å². The van der Waals surface area contributed by atoms with Crippen molar-refractivity contribution in [2.75, 3.05) is 12.4 Å². The van der Waals surface area contributed by atoms with Crippen molar-refractivity contribution in [3.63, 3.8) is 0 Å². The Morgan fingerprint density at radius 3 is 2.53 bits per heavy atom. The van der Waals surface area contributed by atoms with Crippen molar-refractivity contribution in [3.05, 3.63) is 12.4 Å². The molecular formula is C13H21N3O. The predicted molar refractivity (Wildman–Crippen MR) is 68.2 cm³/mol. The molecule has 0 amide bonds. The molecule has 0 aliphatic heterocycles. The van der Waals surface area contributed by atoms with E-state index in [1.54, 1.807) is 0 Å². The van der Waals surface area contributed by atoms with Crippen LogP contribution in [-0.4, -0.2) is 23.1 Å². The minimum absolute atomic E-state index is 0.299. The molecule has 1 N–H and O–H groups in total. The lowest BCUT2D eigenvalue weighted by atomic mass is 9.82. The van der Waals surface area contributed by atoms with Crippen LogP contribution in [0.2, 0.25) is 0 Å². The van der Waals surface area contributed by atoms with E-state index >= 15 is 0 Å². The van der Waals surface area contributed by atoms with Crippen molar-refractivity contribution in [2.24, 2.45) is 11.8 Å². The molecule has 4 nitrogen and oxygen atoms in total. The fraction of sp³-hybridized carbons (Fsp3) is 0.692. The second kappa shape index (κ2) is 5.34. The number of aromatic nitrogens is 2. The summed E-state index contributed by atoms with van der Waals surface area (Å²) in [7, 11) is 1.84. The summed E-state index contributed by atoms with van der Waals surface area (Å²) in [4.78, 5) is 8.24. The highest BCUT2D eigenvalue weighted by molar-refractivity contribution is 5.36. The van der Waals surface area contributed by atoms with Gasteiger partial charge < -0.3 is 10.1 Å². The first-order valence-electron chi connectivity index (χ1n) is 6.33.